The fourth-order valence-electron chi connectivity index (χ4n) is 2.76. The molecule has 0 aliphatic carbocycles. The highest BCUT2D eigenvalue weighted by atomic mass is 32.2. The normalized spacial score (nSPS) is 14.8. The van der Waals surface area contributed by atoms with Crippen molar-refractivity contribution in [3.05, 3.63) is 70.4 Å². The molecule has 0 bridgehead atoms. The molecule has 2 amide bonds. The number of amides is 2. The Morgan fingerprint density at radius 3 is 2.20 bits per heavy atom. The molecular formula is C20H18FNO2S. The molecule has 0 saturated carbocycles. The predicted octanol–water partition coefficient (Wildman–Crippen LogP) is 4.56. The molecule has 1 heterocycles. The molecule has 2 aromatic rings. The number of anilines is 1. The lowest BCUT2D eigenvalue weighted by molar-refractivity contribution is -0.119. The van der Waals surface area contributed by atoms with Crippen LogP contribution < -0.4 is 4.90 Å². The number of carbonyl (C=O) groups is 2. The fourth-order valence-corrected chi connectivity index (χ4v) is 3.75. The van der Waals surface area contributed by atoms with Crippen molar-refractivity contribution >= 4 is 34.8 Å². The summed E-state index contributed by atoms with van der Waals surface area (Å²) in [5.74, 6) is -1.07. The molecule has 0 aromatic heterocycles. The molecule has 0 saturated heterocycles. The van der Waals surface area contributed by atoms with Crippen LogP contribution in [0.5, 0.6) is 0 Å². The zero-order valence-corrected chi connectivity index (χ0v) is 15.1. The highest BCUT2D eigenvalue weighted by Gasteiger charge is 2.40. The Labute approximate surface area is 150 Å². The molecule has 0 spiro atoms. The second-order valence-corrected chi connectivity index (χ2v) is 7.70. The first-order valence-electron chi connectivity index (χ1n) is 8.01. The van der Waals surface area contributed by atoms with Gasteiger partial charge in [0.15, 0.2) is 0 Å². The Balaban J connectivity index is 2.13. The summed E-state index contributed by atoms with van der Waals surface area (Å²) >= 11 is 1.36. The number of imide groups is 1. The maximum Gasteiger partial charge on any atom is 0.272 e. The van der Waals surface area contributed by atoms with Crippen LogP contribution in [0, 0.1) is 12.7 Å². The summed E-state index contributed by atoms with van der Waals surface area (Å²) in [5.41, 5.74) is 2.32. The molecule has 1 aliphatic rings. The van der Waals surface area contributed by atoms with Crippen molar-refractivity contribution in [2.45, 2.75) is 26.0 Å². The van der Waals surface area contributed by atoms with Crippen LogP contribution in [-0.2, 0) is 9.59 Å². The fraction of sp³-hybridized carbons (Fsp3) is 0.200. The largest absolute Gasteiger partial charge is 0.272 e. The third-order valence-electron chi connectivity index (χ3n) is 3.88. The van der Waals surface area contributed by atoms with Crippen LogP contribution in [0.3, 0.4) is 0 Å². The smallest absolute Gasteiger partial charge is 0.268 e. The van der Waals surface area contributed by atoms with Gasteiger partial charge >= 0.3 is 0 Å². The molecule has 2 aromatic carbocycles. The number of halogens is 1. The van der Waals surface area contributed by atoms with E-state index in [0.29, 0.717) is 21.7 Å². The first-order chi connectivity index (χ1) is 11.9. The van der Waals surface area contributed by atoms with E-state index in [4.69, 9.17) is 0 Å². The number of rotatable bonds is 4. The molecule has 3 nitrogen and oxygen atoms in total. The van der Waals surface area contributed by atoms with Gasteiger partial charge in [-0.3, -0.25) is 9.59 Å². The van der Waals surface area contributed by atoms with Crippen molar-refractivity contribution in [2.24, 2.45) is 0 Å². The summed E-state index contributed by atoms with van der Waals surface area (Å²) in [6.45, 7) is 5.79. The minimum Gasteiger partial charge on any atom is -0.268 e. The van der Waals surface area contributed by atoms with Gasteiger partial charge < -0.3 is 0 Å². The van der Waals surface area contributed by atoms with Crippen LogP contribution in [0.1, 0.15) is 25.0 Å². The van der Waals surface area contributed by atoms with E-state index >= 15 is 0 Å². The van der Waals surface area contributed by atoms with Crippen LogP contribution in [0.15, 0.2) is 53.4 Å². The molecule has 5 heteroatoms. The van der Waals surface area contributed by atoms with E-state index < -0.39 is 0 Å². The lowest BCUT2D eigenvalue weighted by Crippen LogP contribution is -2.32. The lowest BCUT2D eigenvalue weighted by Gasteiger charge is -2.17. The summed E-state index contributed by atoms with van der Waals surface area (Å²) in [4.78, 5) is 27.7. The molecule has 0 unspecified atom stereocenters. The van der Waals surface area contributed by atoms with Crippen LogP contribution in [0.2, 0.25) is 0 Å². The van der Waals surface area contributed by atoms with Crippen molar-refractivity contribution in [3.63, 3.8) is 0 Å². The van der Waals surface area contributed by atoms with Gasteiger partial charge in [0.25, 0.3) is 11.8 Å². The van der Waals surface area contributed by atoms with Crippen LogP contribution in [0.4, 0.5) is 10.1 Å². The van der Waals surface area contributed by atoms with E-state index in [1.165, 1.54) is 40.9 Å². The number of hydrogen-bond acceptors (Lipinski definition) is 3. The van der Waals surface area contributed by atoms with Gasteiger partial charge in [-0.1, -0.05) is 44.2 Å². The van der Waals surface area contributed by atoms with Gasteiger partial charge in [0, 0.05) is 5.25 Å². The van der Waals surface area contributed by atoms with E-state index in [2.05, 4.69) is 0 Å². The van der Waals surface area contributed by atoms with E-state index in [9.17, 15) is 14.0 Å². The average Bonchev–Trinajstić information content (AvgIpc) is 2.80. The van der Waals surface area contributed by atoms with Crippen LogP contribution in [0.25, 0.3) is 5.57 Å². The van der Waals surface area contributed by atoms with Crippen molar-refractivity contribution in [3.8, 4) is 0 Å². The Morgan fingerprint density at radius 1 is 0.960 bits per heavy atom. The van der Waals surface area contributed by atoms with Gasteiger partial charge in [0.2, 0.25) is 0 Å². The number of thioether (sulfide) groups is 1. The third-order valence-corrected chi connectivity index (χ3v) is 4.97. The maximum atomic E-state index is 13.3. The molecule has 0 atom stereocenters. The molecule has 25 heavy (non-hydrogen) atoms. The Morgan fingerprint density at radius 2 is 1.60 bits per heavy atom. The van der Waals surface area contributed by atoms with E-state index in [0.717, 1.165) is 5.56 Å². The number of benzene rings is 2. The predicted molar refractivity (Wildman–Crippen MR) is 99.7 cm³/mol. The zero-order valence-electron chi connectivity index (χ0n) is 14.2. The van der Waals surface area contributed by atoms with Crippen LogP contribution in [-0.4, -0.2) is 17.1 Å². The minimum absolute atomic E-state index is 0.138. The number of hydrogen-bond donors (Lipinski definition) is 0. The Bertz CT molecular complexity index is 872. The summed E-state index contributed by atoms with van der Waals surface area (Å²) < 4.78 is 13.3. The second kappa shape index (κ2) is 6.84. The molecule has 1 aliphatic heterocycles. The molecule has 0 fully saturated rings. The van der Waals surface area contributed by atoms with Gasteiger partial charge in [0.1, 0.15) is 5.82 Å². The maximum absolute atomic E-state index is 13.3. The van der Waals surface area contributed by atoms with E-state index in [1.807, 2.05) is 32.9 Å². The number of aryl methyl sites for hydroxylation is 1. The molecular weight excluding hydrogens is 337 g/mol. The quantitative estimate of drug-likeness (QED) is 0.755. The SMILES string of the molecule is Cc1ccccc1N1C(=O)C(SC(C)C)=C(c2ccc(F)cc2)C1=O. The van der Waals surface area contributed by atoms with Gasteiger partial charge in [-0.05, 0) is 36.2 Å². The molecule has 3 rings (SSSR count). The summed E-state index contributed by atoms with van der Waals surface area (Å²) in [5, 5.41) is 0.138. The van der Waals surface area contributed by atoms with Crippen molar-refractivity contribution in [2.75, 3.05) is 4.90 Å². The number of nitrogens with zero attached hydrogens (tertiary/aromatic N) is 1. The van der Waals surface area contributed by atoms with Gasteiger partial charge in [0.05, 0.1) is 16.2 Å². The molecule has 0 N–H and O–H groups in total. The zero-order chi connectivity index (χ0) is 18.1. The second-order valence-electron chi connectivity index (χ2n) is 6.11. The van der Waals surface area contributed by atoms with Gasteiger partial charge in [-0.2, -0.15) is 0 Å². The lowest BCUT2D eigenvalue weighted by atomic mass is 10.1. The van der Waals surface area contributed by atoms with Crippen molar-refractivity contribution in [1.82, 2.24) is 0 Å². The average molecular weight is 355 g/mol. The van der Waals surface area contributed by atoms with E-state index in [-0.39, 0.29) is 22.9 Å². The standard InChI is InChI=1S/C20H18FNO2S/c1-12(2)25-18-17(14-8-10-15(21)11-9-14)19(23)22(20(18)24)16-7-5-4-6-13(16)3/h4-12H,1-3H3. The highest BCUT2D eigenvalue weighted by molar-refractivity contribution is 8.04. The number of carbonyl (C=O) groups excluding carboxylic acids is 2. The van der Waals surface area contributed by atoms with Crippen LogP contribution >= 0.6 is 11.8 Å². The first kappa shape index (κ1) is 17.4. The number of para-hydroxylation sites is 1. The van der Waals surface area contributed by atoms with Gasteiger partial charge in [-0.15, -0.1) is 11.8 Å². The Kier molecular flexibility index (Phi) is 4.77. The first-order valence-corrected chi connectivity index (χ1v) is 8.89. The monoisotopic (exact) mass is 355 g/mol. The van der Waals surface area contributed by atoms with Gasteiger partial charge in [-0.25, -0.2) is 9.29 Å². The molecule has 128 valence electrons. The topological polar surface area (TPSA) is 37.4 Å². The summed E-state index contributed by atoms with van der Waals surface area (Å²) in [7, 11) is 0. The van der Waals surface area contributed by atoms with E-state index in [1.54, 1.807) is 12.1 Å². The molecule has 0 radical (unpaired) electrons. The highest BCUT2D eigenvalue weighted by Crippen LogP contribution is 2.40. The summed E-state index contributed by atoms with van der Waals surface area (Å²) in [6.07, 6.45) is 0. The van der Waals surface area contributed by atoms with Crippen molar-refractivity contribution < 1.29 is 14.0 Å². The third kappa shape index (κ3) is 3.24. The Hall–Kier alpha value is -2.40. The minimum atomic E-state index is -0.380. The van der Waals surface area contributed by atoms with Crippen molar-refractivity contribution in [1.29, 1.82) is 0 Å². The summed E-state index contributed by atoms with van der Waals surface area (Å²) in [6, 6.07) is 13.0.